The van der Waals surface area contributed by atoms with Crippen LogP contribution in [0.4, 0.5) is 0 Å². The number of aromatic nitrogens is 1. The molecule has 2 N–H and O–H groups in total. The molecule has 0 aliphatic rings. The van der Waals surface area contributed by atoms with Crippen LogP contribution < -0.4 is 5.73 Å². The fourth-order valence-electron chi connectivity index (χ4n) is 1.60. The molecule has 0 aromatic carbocycles. The van der Waals surface area contributed by atoms with E-state index >= 15 is 0 Å². The molecular formula is C13H12BrN3OS2. The van der Waals surface area contributed by atoms with Crippen LogP contribution in [0.1, 0.15) is 20.9 Å². The molecule has 7 heteroatoms. The van der Waals surface area contributed by atoms with Gasteiger partial charge in [-0.2, -0.15) is 0 Å². The first-order valence-electron chi connectivity index (χ1n) is 5.71. The van der Waals surface area contributed by atoms with Gasteiger partial charge in [0.05, 0.1) is 6.54 Å². The fourth-order valence-corrected chi connectivity index (χ4v) is 3.23. The van der Waals surface area contributed by atoms with Crippen molar-refractivity contribution in [3.05, 3.63) is 50.4 Å². The Bertz CT molecular complexity index is 639. The number of amides is 1. The Hall–Kier alpha value is -1.31. The monoisotopic (exact) mass is 369 g/mol. The Labute approximate surface area is 134 Å². The van der Waals surface area contributed by atoms with E-state index in [1.165, 1.54) is 6.20 Å². The number of halogens is 1. The van der Waals surface area contributed by atoms with Gasteiger partial charge in [0.2, 0.25) is 0 Å². The van der Waals surface area contributed by atoms with E-state index in [1.807, 2.05) is 11.4 Å². The zero-order valence-electron chi connectivity index (χ0n) is 10.7. The van der Waals surface area contributed by atoms with Crippen LogP contribution in [-0.4, -0.2) is 27.8 Å². The van der Waals surface area contributed by atoms with Crippen LogP contribution in [0, 0.1) is 0 Å². The first kappa shape index (κ1) is 15.1. The molecule has 2 heterocycles. The Morgan fingerprint density at radius 3 is 2.80 bits per heavy atom. The highest BCUT2D eigenvalue weighted by Crippen LogP contribution is 2.21. The third-order valence-electron chi connectivity index (χ3n) is 2.63. The third-order valence-corrected chi connectivity index (χ3v) is 4.55. The molecule has 0 bridgehead atoms. The molecule has 0 atom stereocenters. The maximum Gasteiger partial charge on any atom is 0.272 e. The summed E-state index contributed by atoms with van der Waals surface area (Å²) in [5, 5.41) is 1.99. The molecular weight excluding hydrogens is 358 g/mol. The van der Waals surface area contributed by atoms with Gasteiger partial charge in [-0.05, 0) is 34.1 Å². The lowest BCUT2D eigenvalue weighted by atomic mass is 10.2. The number of carbonyl (C=O) groups excluding carboxylic acids is 1. The highest BCUT2D eigenvalue weighted by molar-refractivity contribution is 9.10. The second-order valence-electron chi connectivity index (χ2n) is 4.19. The Morgan fingerprint density at radius 2 is 2.30 bits per heavy atom. The van der Waals surface area contributed by atoms with Crippen molar-refractivity contribution < 1.29 is 4.79 Å². The molecule has 104 valence electrons. The normalized spacial score (nSPS) is 10.3. The SMILES string of the molecule is CN(Cc1cc(Br)cs1)C(=O)c1ccc(C(N)=S)cn1. The van der Waals surface area contributed by atoms with Crippen molar-refractivity contribution in [2.24, 2.45) is 5.73 Å². The maximum atomic E-state index is 12.2. The summed E-state index contributed by atoms with van der Waals surface area (Å²) in [7, 11) is 1.75. The minimum Gasteiger partial charge on any atom is -0.389 e. The zero-order valence-corrected chi connectivity index (χ0v) is 13.9. The molecule has 2 aromatic heterocycles. The molecule has 0 radical (unpaired) electrons. The zero-order chi connectivity index (χ0) is 14.7. The van der Waals surface area contributed by atoms with Gasteiger partial charge in [-0.25, -0.2) is 0 Å². The van der Waals surface area contributed by atoms with E-state index in [9.17, 15) is 4.79 Å². The molecule has 0 unspecified atom stereocenters. The molecule has 2 aromatic rings. The quantitative estimate of drug-likeness (QED) is 0.841. The van der Waals surface area contributed by atoms with Crippen LogP contribution in [0.25, 0.3) is 0 Å². The highest BCUT2D eigenvalue weighted by atomic mass is 79.9. The molecule has 0 aliphatic heterocycles. The molecule has 0 spiro atoms. The van der Waals surface area contributed by atoms with Crippen molar-refractivity contribution in [2.75, 3.05) is 7.05 Å². The van der Waals surface area contributed by atoms with Gasteiger partial charge in [0, 0.05) is 33.5 Å². The molecule has 0 fully saturated rings. The predicted molar refractivity (Wildman–Crippen MR) is 87.9 cm³/mol. The van der Waals surface area contributed by atoms with Gasteiger partial charge in [-0.3, -0.25) is 9.78 Å². The standard InChI is InChI=1S/C13H12BrN3OS2/c1-17(6-10-4-9(14)7-20-10)13(18)11-3-2-8(5-16-11)12(15)19/h2-5,7H,6H2,1H3,(H2,15,19). The highest BCUT2D eigenvalue weighted by Gasteiger charge is 2.14. The van der Waals surface area contributed by atoms with Crippen molar-refractivity contribution in [1.29, 1.82) is 0 Å². The third kappa shape index (κ3) is 3.62. The average Bonchev–Trinajstić information content (AvgIpc) is 2.83. The summed E-state index contributed by atoms with van der Waals surface area (Å²) in [4.78, 5) is 19.3. The van der Waals surface area contributed by atoms with Gasteiger partial charge in [0.1, 0.15) is 10.7 Å². The number of hydrogen-bond donors (Lipinski definition) is 1. The van der Waals surface area contributed by atoms with Gasteiger partial charge in [-0.15, -0.1) is 11.3 Å². The number of rotatable bonds is 4. The van der Waals surface area contributed by atoms with E-state index in [0.717, 1.165) is 9.35 Å². The number of pyridine rings is 1. The van der Waals surface area contributed by atoms with E-state index in [-0.39, 0.29) is 10.9 Å². The summed E-state index contributed by atoms with van der Waals surface area (Å²) in [6, 6.07) is 5.34. The van der Waals surface area contributed by atoms with E-state index in [0.29, 0.717) is 17.8 Å². The van der Waals surface area contributed by atoms with Crippen molar-refractivity contribution >= 4 is 50.4 Å². The molecule has 4 nitrogen and oxygen atoms in total. The van der Waals surface area contributed by atoms with Gasteiger partial charge >= 0.3 is 0 Å². The van der Waals surface area contributed by atoms with Gasteiger partial charge in [-0.1, -0.05) is 12.2 Å². The Morgan fingerprint density at radius 1 is 1.55 bits per heavy atom. The van der Waals surface area contributed by atoms with Crippen LogP contribution in [-0.2, 0) is 6.54 Å². The summed E-state index contributed by atoms with van der Waals surface area (Å²) in [5.41, 5.74) is 6.53. The Kier molecular flexibility index (Phi) is 4.85. The van der Waals surface area contributed by atoms with Crippen molar-refractivity contribution in [3.8, 4) is 0 Å². The van der Waals surface area contributed by atoms with Crippen molar-refractivity contribution in [3.63, 3.8) is 0 Å². The molecule has 20 heavy (non-hydrogen) atoms. The molecule has 0 saturated carbocycles. The van der Waals surface area contributed by atoms with Gasteiger partial charge < -0.3 is 10.6 Å². The smallest absolute Gasteiger partial charge is 0.272 e. The minimum absolute atomic E-state index is 0.135. The van der Waals surface area contributed by atoms with Gasteiger partial charge in [0.15, 0.2) is 0 Å². The van der Waals surface area contributed by atoms with Crippen LogP contribution >= 0.6 is 39.5 Å². The first-order valence-corrected chi connectivity index (χ1v) is 7.79. The first-order chi connectivity index (χ1) is 9.47. The Balaban J connectivity index is 2.08. The molecule has 0 aliphatic carbocycles. The second-order valence-corrected chi connectivity index (χ2v) is 6.54. The van der Waals surface area contributed by atoms with Crippen LogP contribution in [0.15, 0.2) is 34.2 Å². The number of thiophene rings is 1. The summed E-state index contributed by atoms with van der Waals surface area (Å²) < 4.78 is 1.03. The topological polar surface area (TPSA) is 59.2 Å². The summed E-state index contributed by atoms with van der Waals surface area (Å²) in [6.45, 7) is 0.549. The molecule has 2 rings (SSSR count). The minimum atomic E-state index is -0.135. The largest absolute Gasteiger partial charge is 0.389 e. The van der Waals surface area contributed by atoms with Gasteiger partial charge in [0.25, 0.3) is 5.91 Å². The number of thiocarbonyl (C=S) groups is 1. The van der Waals surface area contributed by atoms with E-state index in [2.05, 4.69) is 20.9 Å². The number of nitrogens with two attached hydrogens (primary N) is 1. The van der Waals surface area contributed by atoms with E-state index < -0.39 is 0 Å². The number of carbonyl (C=O) groups is 1. The second kappa shape index (κ2) is 6.43. The summed E-state index contributed by atoms with van der Waals surface area (Å²) >= 11 is 9.85. The van der Waals surface area contributed by atoms with Crippen molar-refractivity contribution in [1.82, 2.24) is 9.88 Å². The lowest BCUT2D eigenvalue weighted by Gasteiger charge is -2.15. The lowest BCUT2D eigenvalue weighted by Crippen LogP contribution is -2.26. The molecule has 1 amide bonds. The van der Waals surface area contributed by atoms with E-state index in [4.69, 9.17) is 18.0 Å². The number of hydrogen-bond acceptors (Lipinski definition) is 4. The van der Waals surface area contributed by atoms with Crippen molar-refractivity contribution in [2.45, 2.75) is 6.54 Å². The number of nitrogens with zero attached hydrogens (tertiary/aromatic N) is 2. The summed E-state index contributed by atoms with van der Waals surface area (Å²) in [6.07, 6.45) is 1.52. The predicted octanol–water partition coefficient (Wildman–Crippen LogP) is 2.81. The summed E-state index contributed by atoms with van der Waals surface area (Å²) in [5.74, 6) is -0.135. The lowest BCUT2D eigenvalue weighted by molar-refractivity contribution is 0.0780. The van der Waals surface area contributed by atoms with E-state index in [1.54, 1.807) is 35.4 Å². The fraction of sp³-hybridized carbons (Fsp3) is 0.154. The van der Waals surface area contributed by atoms with Crippen LogP contribution in [0.2, 0.25) is 0 Å². The van der Waals surface area contributed by atoms with Crippen LogP contribution in [0.5, 0.6) is 0 Å². The maximum absolute atomic E-state index is 12.2. The average molecular weight is 370 g/mol. The van der Waals surface area contributed by atoms with Crippen LogP contribution in [0.3, 0.4) is 0 Å². The molecule has 0 saturated heterocycles.